The number of ketones is 1. The molecule has 0 bridgehead atoms. The van der Waals surface area contributed by atoms with E-state index >= 15 is 0 Å². The molecule has 11 atom stereocenters. The SMILES string of the molecule is CC=C(C)C(=O)OC1C(C)C(=O)C23CC(C)C(OC(C)=O)C2(C=C(C)C(OC(C)=O)C(OC(=O)C(C)CC)C2C1C2(C)C)O3. The number of carbonyl (C=O) groups excluding carboxylic acids is 5. The average molecular weight is 617 g/mol. The molecule has 0 aromatic carbocycles. The standard InChI is InChI=1S/C34H48O10/c1-12-16(3)30(38)42-26-20(7)28(37)33-15-19(6)29(41-22(9)36)34(33,44-33)14-18(5)25(40-21(8)35)27(24-23(26)32(24,10)11)43-31(39)17(4)13-2/h12,14,17,19-20,23-27,29H,13,15H2,1-11H3. The number of allylic oxidation sites excluding steroid dienone is 1. The van der Waals surface area contributed by atoms with Gasteiger partial charge in [-0.05, 0) is 56.6 Å². The first-order valence-corrected chi connectivity index (χ1v) is 15.7. The average Bonchev–Trinajstić information content (AvgIpc) is 3.74. The summed E-state index contributed by atoms with van der Waals surface area (Å²) in [5, 5.41) is 0. The number of fused-ring (bicyclic) bond motifs is 1. The first-order valence-electron chi connectivity index (χ1n) is 15.7. The molecule has 244 valence electrons. The quantitative estimate of drug-likeness (QED) is 0.131. The van der Waals surface area contributed by atoms with Crippen LogP contribution in [0.1, 0.15) is 89.0 Å². The van der Waals surface area contributed by atoms with Crippen molar-refractivity contribution in [3.63, 3.8) is 0 Å². The van der Waals surface area contributed by atoms with Gasteiger partial charge in [0.2, 0.25) is 0 Å². The van der Waals surface area contributed by atoms with Crippen molar-refractivity contribution in [2.75, 3.05) is 0 Å². The highest BCUT2D eigenvalue weighted by Gasteiger charge is 2.84. The molecule has 0 spiro atoms. The van der Waals surface area contributed by atoms with Gasteiger partial charge in [-0.1, -0.05) is 47.6 Å². The third kappa shape index (κ3) is 5.41. The summed E-state index contributed by atoms with van der Waals surface area (Å²) in [5.74, 6) is -4.64. The van der Waals surface area contributed by atoms with E-state index in [1.807, 2.05) is 27.7 Å². The first kappa shape index (κ1) is 33.9. The van der Waals surface area contributed by atoms with Crippen LogP contribution < -0.4 is 0 Å². The third-order valence-electron chi connectivity index (χ3n) is 10.5. The highest BCUT2D eigenvalue weighted by Crippen LogP contribution is 2.69. The van der Waals surface area contributed by atoms with E-state index in [1.54, 1.807) is 46.8 Å². The minimum absolute atomic E-state index is 0.238. The Bertz CT molecular complexity index is 1290. The molecule has 0 N–H and O–H groups in total. The van der Waals surface area contributed by atoms with Crippen molar-refractivity contribution in [3.8, 4) is 0 Å². The Morgan fingerprint density at radius 1 is 1.00 bits per heavy atom. The van der Waals surface area contributed by atoms with E-state index in [-0.39, 0.29) is 18.1 Å². The number of hydrogen-bond acceptors (Lipinski definition) is 10. The van der Waals surface area contributed by atoms with Crippen LogP contribution in [0, 0.1) is 35.0 Å². The van der Waals surface area contributed by atoms with Crippen LogP contribution >= 0.6 is 0 Å². The Balaban J connectivity index is 1.95. The zero-order chi connectivity index (χ0) is 33.1. The van der Waals surface area contributed by atoms with E-state index in [2.05, 4.69) is 0 Å². The summed E-state index contributed by atoms with van der Waals surface area (Å²) >= 11 is 0. The number of hydrogen-bond donors (Lipinski definition) is 0. The summed E-state index contributed by atoms with van der Waals surface area (Å²) in [4.78, 5) is 65.9. The van der Waals surface area contributed by atoms with Crippen LogP contribution in [-0.2, 0) is 47.7 Å². The molecule has 11 unspecified atom stereocenters. The van der Waals surface area contributed by atoms with E-state index in [1.165, 1.54) is 13.8 Å². The van der Waals surface area contributed by atoms with Crippen LogP contribution in [0.3, 0.4) is 0 Å². The maximum atomic E-state index is 14.6. The molecule has 44 heavy (non-hydrogen) atoms. The summed E-state index contributed by atoms with van der Waals surface area (Å²) in [5.41, 5.74) is -2.32. The molecule has 0 aromatic heterocycles. The summed E-state index contributed by atoms with van der Waals surface area (Å²) in [6.07, 6.45) is 0.544. The van der Waals surface area contributed by atoms with Crippen molar-refractivity contribution < 1.29 is 47.7 Å². The topological polar surface area (TPSA) is 135 Å². The summed E-state index contributed by atoms with van der Waals surface area (Å²) in [6.45, 7) is 19.0. The van der Waals surface area contributed by atoms with E-state index in [0.29, 0.717) is 17.6 Å². The molecular weight excluding hydrogens is 568 g/mol. The van der Waals surface area contributed by atoms with Crippen LogP contribution in [0.5, 0.6) is 0 Å². The Kier molecular flexibility index (Phi) is 9.03. The number of rotatable bonds is 7. The van der Waals surface area contributed by atoms with Crippen LogP contribution in [0.2, 0.25) is 0 Å². The highest BCUT2D eigenvalue weighted by atomic mass is 16.7. The van der Waals surface area contributed by atoms with Crippen molar-refractivity contribution >= 4 is 29.7 Å². The van der Waals surface area contributed by atoms with E-state index < -0.39 is 88.6 Å². The Labute approximate surface area is 260 Å². The van der Waals surface area contributed by atoms with Gasteiger partial charge in [0.25, 0.3) is 0 Å². The van der Waals surface area contributed by atoms with Crippen LogP contribution in [-0.4, -0.2) is 65.3 Å². The number of esters is 4. The molecule has 2 saturated carbocycles. The third-order valence-corrected chi connectivity index (χ3v) is 10.5. The van der Waals surface area contributed by atoms with Gasteiger partial charge < -0.3 is 23.7 Å². The predicted molar refractivity (Wildman–Crippen MR) is 159 cm³/mol. The molecule has 10 heteroatoms. The van der Waals surface area contributed by atoms with Crippen LogP contribution in [0.15, 0.2) is 23.3 Å². The summed E-state index contributed by atoms with van der Waals surface area (Å²) in [6, 6.07) is 0. The molecule has 4 rings (SSSR count). The maximum Gasteiger partial charge on any atom is 0.333 e. The van der Waals surface area contributed by atoms with Crippen LogP contribution in [0.25, 0.3) is 0 Å². The normalized spacial score (nSPS) is 39.7. The van der Waals surface area contributed by atoms with Gasteiger partial charge in [0.1, 0.15) is 18.3 Å². The zero-order valence-electron chi connectivity index (χ0n) is 27.8. The Hall–Kier alpha value is -3.01. The first-order chi connectivity index (χ1) is 20.4. The fourth-order valence-electron chi connectivity index (χ4n) is 7.76. The zero-order valence-corrected chi connectivity index (χ0v) is 27.8. The number of ether oxygens (including phenoxy) is 5. The molecule has 0 aromatic rings. The van der Waals surface area contributed by atoms with Crippen molar-refractivity contribution in [3.05, 3.63) is 23.3 Å². The van der Waals surface area contributed by atoms with Crippen molar-refractivity contribution in [2.45, 2.75) is 125 Å². The number of epoxide rings is 1. The molecule has 1 heterocycles. The molecule has 4 aliphatic rings. The van der Waals surface area contributed by atoms with E-state index in [4.69, 9.17) is 23.7 Å². The highest BCUT2D eigenvalue weighted by molar-refractivity contribution is 5.96. The monoisotopic (exact) mass is 616 g/mol. The molecule has 3 aliphatic carbocycles. The lowest BCUT2D eigenvalue weighted by Crippen LogP contribution is -2.43. The van der Waals surface area contributed by atoms with Gasteiger partial charge in [0.05, 0.1) is 11.8 Å². The molecule has 1 saturated heterocycles. The maximum absolute atomic E-state index is 14.6. The Morgan fingerprint density at radius 3 is 2.14 bits per heavy atom. The molecule has 1 aliphatic heterocycles. The second-order valence-electron chi connectivity index (χ2n) is 13.9. The Morgan fingerprint density at radius 2 is 1.59 bits per heavy atom. The second-order valence-corrected chi connectivity index (χ2v) is 13.9. The van der Waals surface area contributed by atoms with Gasteiger partial charge in [0.15, 0.2) is 23.1 Å². The van der Waals surface area contributed by atoms with Gasteiger partial charge in [-0.2, -0.15) is 0 Å². The molecule has 10 nitrogen and oxygen atoms in total. The molecule has 0 amide bonds. The largest absolute Gasteiger partial charge is 0.459 e. The van der Waals surface area contributed by atoms with Gasteiger partial charge in [-0.15, -0.1) is 0 Å². The van der Waals surface area contributed by atoms with Crippen LogP contribution in [0.4, 0.5) is 0 Å². The minimum Gasteiger partial charge on any atom is -0.459 e. The van der Waals surface area contributed by atoms with Gasteiger partial charge in [-0.3, -0.25) is 19.2 Å². The van der Waals surface area contributed by atoms with E-state index in [0.717, 1.165) is 0 Å². The van der Waals surface area contributed by atoms with Gasteiger partial charge in [0, 0.05) is 31.3 Å². The molecule has 0 radical (unpaired) electrons. The lowest BCUT2D eigenvalue weighted by atomic mass is 9.80. The van der Waals surface area contributed by atoms with Gasteiger partial charge in [-0.25, -0.2) is 4.79 Å². The fraction of sp³-hybridized carbons (Fsp3) is 0.735. The van der Waals surface area contributed by atoms with Crippen molar-refractivity contribution in [1.29, 1.82) is 0 Å². The predicted octanol–water partition coefficient (Wildman–Crippen LogP) is 4.67. The van der Waals surface area contributed by atoms with Crippen molar-refractivity contribution in [2.24, 2.45) is 35.0 Å². The van der Waals surface area contributed by atoms with Gasteiger partial charge >= 0.3 is 23.9 Å². The lowest BCUT2D eigenvalue weighted by molar-refractivity contribution is -0.170. The molecular formula is C34H48O10. The minimum atomic E-state index is -1.34. The van der Waals surface area contributed by atoms with E-state index in [9.17, 15) is 24.0 Å². The molecule has 3 fully saturated rings. The van der Waals surface area contributed by atoms with Crippen molar-refractivity contribution in [1.82, 2.24) is 0 Å². The fourth-order valence-corrected chi connectivity index (χ4v) is 7.76. The number of Topliss-reactive ketones (excluding diaryl/α,β-unsaturated/α-hetero) is 1. The smallest absolute Gasteiger partial charge is 0.333 e. The summed E-state index contributed by atoms with van der Waals surface area (Å²) < 4.78 is 30.4. The summed E-state index contributed by atoms with van der Waals surface area (Å²) in [7, 11) is 0. The second kappa shape index (κ2) is 11.7. The number of carbonyl (C=O) groups is 5. The lowest BCUT2D eigenvalue weighted by Gasteiger charge is -2.31.